The van der Waals surface area contributed by atoms with E-state index in [-0.39, 0.29) is 43.0 Å². The molecule has 0 aromatic heterocycles. The summed E-state index contributed by atoms with van der Waals surface area (Å²) < 4.78 is 9.89. The molecule has 0 bridgehead atoms. The van der Waals surface area contributed by atoms with E-state index in [2.05, 4.69) is 15.0 Å². The van der Waals surface area contributed by atoms with Gasteiger partial charge in [-0.05, 0) is 50.3 Å². The molecule has 0 radical (unpaired) electrons. The summed E-state index contributed by atoms with van der Waals surface area (Å²) >= 11 is 0.627. The summed E-state index contributed by atoms with van der Waals surface area (Å²) in [6.07, 6.45) is 4.20. The summed E-state index contributed by atoms with van der Waals surface area (Å²) in [5.74, 6) is -1.55. The standard InChI is InChI=1S/C17H33N3O12S/c21-15(22)14(18-16(23)29-9-5-1-3-7-11-31-19(25)26)13-33-17(24)30-10-6-2-4-8-12-32-20(27)28/h14,25-28H,1-13H2,(H,18,23)(H,21,22). The number of ether oxygens (including phenoxy) is 2. The number of nitrogens with zero attached hydrogens (tertiary/aromatic N) is 2. The summed E-state index contributed by atoms with van der Waals surface area (Å²) in [7, 11) is 0. The van der Waals surface area contributed by atoms with Gasteiger partial charge in [0.25, 0.3) is 0 Å². The third-order valence-corrected chi connectivity index (χ3v) is 4.76. The number of thioether (sulfide) groups is 1. The molecule has 194 valence electrons. The molecule has 0 heterocycles. The van der Waals surface area contributed by atoms with Crippen LogP contribution in [0.5, 0.6) is 0 Å². The van der Waals surface area contributed by atoms with Crippen LogP contribution in [0.4, 0.5) is 9.59 Å². The lowest BCUT2D eigenvalue weighted by molar-refractivity contribution is -0.492. The van der Waals surface area contributed by atoms with E-state index in [1.54, 1.807) is 0 Å². The molecule has 1 amide bonds. The third kappa shape index (κ3) is 21.8. The number of rotatable bonds is 20. The van der Waals surface area contributed by atoms with Crippen molar-refractivity contribution in [1.29, 1.82) is 0 Å². The molecule has 0 aliphatic carbocycles. The van der Waals surface area contributed by atoms with Crippen LogP contribution in [0.1, 0.15) is 51.4 Å². The highest BCUT2D eigenvalue weighted by Gasteiger charge is 2.22. The van der Waals surface area contributed by atoms with E-state index in [9.17, 15) is 19.5 Å². The molecule has 0 saturated heterocycles. The third-order valence-electron chi connectivity index (χ3n) is 3.90. The van der Waals surface area contributed by atoms with E-state index in [0.29, 0.717) is 50.3 Å². The summed E-state index contributed by atoms with van der Waals surface area (Å²) in [5.41, 5.74) is 0. The van der Waals surface area contributed by atoms with Crippen LogP contribution < -0.4 is 5.32 Å². The molecule has 0 fully saturated rings. The van der Waals surface area contributed by atoms with Crippen LogP contribution in [0, 0.1) is 0 Å². The molecule has 1 unspecified atom stereocenters. The van der Waals surface area contributed by atoms with Crippen LogP contribution >= 0.6 is 11.8 Å². The molecule has 0 aromatic carbocycles. The minimum Gasteiger partial charge on any atom is -0.480 e. The second-order valence-electron chi connectivity index (χ2n) is 6.58. The Morgan fingerprint density at radius 3 is 1.64 bits per heavy atom. The molecule has 0 rings (SSSR count). The van der Waals surface area contributed by atoms with E-state index < -0.39 is 23.4 Å². The molecular weight excluding hydrogens is 470 g/mol. The van der Waals surface area contributed by atoms with Crippen molar-refractivity contribution < 1.29 is 59.5 Å². The fourth-order valence-corrected chi connectivity index (χ4v) is 2.98. The Bertz CT molecular complexity index is 541. The number of unbranched alkanes of at least 4 members (excludes halogenated alkanes) is 6. The van der Waals surface area contributed by atoms with Crippen LogP contribution in [-0.2, 0) is 23.9 Å². The zero-order chi connectivity index (χ0) is 24.9. The lowest BCUT2D eigenvalue weighted by Gasteiger charge is -2.14. The molecule has 33 heavy (non-hydrogen) atoms. The average molecular weight is 504 g/mol. The summed E-state index contributed by atoms with van der Waals surface area (Å²) in [6.45, 7) is 0.487. The maximum Gasteiger partial charge on any atom is 0.407 e. The van der Waals surface area contributed by atoms with Crippen molar-refractivity contribution >= 4 is 29.1 Å². The maximum atomic E-state index is 11.7. The predicted molar refractivity (Wildman–Crippen MR) is 109 cm³/mol. The summed E-state index contributed by atoms with van der Waals surface area (Å²) in [6, 6.07) is -1.33. The highest BCUT2D eigenvalue weighted by molar-refractivity contribution is 8.13. The van der Waals surface area contributed by atoms with Gasteiger partial charge >= 0.3 is 17.4 Å². The molecule has 0 aliphatic heterocycles. The number of carbonyl (C=O) groups is 3. The highest BCUT2D eigenvalue weighted by atomic mass is 32.2. The number of hydrogen-bond donors (Lipinski definition) is 6. The van der Waals surface area contributed by atoms with Crippen molar-refractivity contribution in [2.45, 2.75) is 57.4 Å². The van der Waals surface area contributed by atoms with Gasteiger partial charge in [-0.3, -0.25) is 30.5 Å². The Morgan fingerprint density at radius 2 is 1.18 bits per heavy atom. The van der Waals surface area contributed by atoms with Gasteiger partial charge in [0.2, 0.25) is 0 Å². The van der Waals surface area contributed by atoms with Crippen molar-refractivity contribution in [3.05, 3.63) is 0 Å². The summed E-state index contributed by atoms with van der Waals surface area (Å²) in [4.78, 5) is 43.5. The predicted octanol–water partition coefficient (Wildman–Crippen LogP) is 2.18. The Morgan fingerprint density at radius 1 is 0.727 bits per heavy atom. The number of carboxylic acid groups (broad SMARTS) is 1. The lowest BCUT2D eigenvalue weighted by Crippen LogP contribution is -2.43. The monoisotopic (exact) mass is 503 g/mol. The van der Waals surface area contributed by atoms with Crippen LogP contribution in [0.15, 0.2) is 0 Å². The Labute approximate surface area is 194 Å². The van der Waals surface area contributed by atoms with Crippen LogP contribution in [-0.4, -0.2) is 92.3 Å². The number of aliphatic carboxylic acids is 1. The van der Waals surface area contributed by atoms with E-state index in [1.165, 1.54) is 0 Å². The van der Waals surface area contributed by atoms with Crippen molar-refractivity contribution in [2.75, 3.05) is 32.2 Å². The molecule has 0 saturated carbocycles. The smallest absolute Gasteiger partial charge is 0.407 e. The lowest BCUT2D eigenvalue weighted by atomic mass is 10.2. The number of alkyl carbamates (subject to hydrolysis) is 1. The first-order valence-corrected chi connectivity index (χ1v) is 11.3. The van der Waals surface area contributed by atoms with Gasteiger partial charge in [-0.1, -0.05) is 12.8 Å². The number of amides is 1. The van der Waals surface area contributed by atoms with Gasteiger partial charge in [-0.25, -0.2) is 14.4 Å². The second-order valence-corrected chi connectivity index (χ2v) is 7.54. The Hall–Kier alpha value is -1.76. The Balaban J connectivity index is 3.82. The van der Waals surface area contributed by atoms with Gasteiger partial charge in [0.1, 0.15) is 6.04 Å². The van der Waals surface area contributed by atoms with Gasteiger partial charge in [0.15, 0.2) is 0 Å². The number of hydrogen-bond acceptors (Lipinski definition) is 14. The molecule has 0 spiro atoms. The summed E-state index contributed by atoms with van der Waals surface area (Å²) in [5, 5.41) is 43.4. The quantitative estimate of drug-likeness (QED) is 0.0799. The van der Waals surface area contributed by atoms with Crippen LogP contribution in [0.2, 0.25) is 0 Å². The number of carboxylic acids is 1. The van der Waals surface area contributed by atoms with Crippen LogP contribution in [0.3, 0.4) is 0 Å². The van der Waals surface area contributed by atoms with Crippen molar-refractivity contribution in [2.24, 2.45) is 0 Å². The molecule has 16 heteroatoms. The first-order valence-electron chi connectivity index (χ1n) is 10.3. The van der Waals surface area contributed by atoms with E-state index in [0.717, 1.165) is 12.8 Å². The van der Waals surface area contributed by atoms with Crippen LogP contribution in [0.25, 0.3) is 0 Å². The fourth-order valence-electron chi connectivity index (χ4n) is 2.28. The minimum atomic E-state index is -1.33. The number of carbonyl (C=O) groups excluding carboxylic acids is 2. The van der Waals surface area contributed by atoms with Gasteiger partial charge in [0.05, 0.1) is 37.2 Å². The van der Waals surface area contributed by atoms with Gasteiger partial charge in [-0.15, -0.1) is 0 Å². The van der Waals surface area contributed by atoms with Crippen molar-refractivity contribution in [1.82, 2.24) is 16.1 Å². The van der Waals surface area contributed by atoms with Gasteiger partial charge in [0, 0.05) is 5.75 Å². The first-order chi connectivity index (χ1) is 15.7. The molecule has 0 aromatic rings. The van der Waals surface area contributed by atoms with E-state index >= 15 is 0 Å². The highest BCUT2D eigenvalue weighted by Crippen LogP contribution is 2.10. The van der Waals surface area contributed by atoms with E-state index in [1.807, 2.05) is 0 Å². The van der Waals surface area contributed by atoms with E-state index in [4.69, 9.17) is 30.3 Å². The second kappa shape index (κ2) is 20.8. The normalized spacial score (nSPS) is 12.1. The molecule has 1 atom stereocenters. The van der Waals surface area contributed by atoms with Gasteiger partial charge in [-0.2, -0.15) is 0 Å². The van der Waals surface area contributed by atoms with Crippen molar-refractivity contribution in [3.8, 4) is 0 Å². The SMILES string of the molecule is O=C(NC(CSC(=O)OCCCCCCON(O)O)C(=O)O)OCCCCCCON(O)O. The molecule has 15 nitrogen and oxygen atoms in total. The van der Waals surface area contributed by atoms with Crippen molar-refractivity contribution in [3.63, 3.8) is 0 Å². The minimum absolute atomic E-state index is 0.0741. The topological polar surface area (TPSA) is 208 Å². The Kier molecular flexibility index (Phi) is 19.7. The molecule has 0 aliphatic rings. The largest absolute Gasteiger partial charge is 0.480 e. The average Bonchev–Trinajstić information content (AvgIpc) is 2.74. The molecule has 6 N–H and O–H groups in total. The van der Waals surface area contributed by atoms with Gasteiger partial charge < -0.3 is 19.9 Å². The molecular formula is C17H33N3O12S. The fraction of sp³-hybridized carbons (Fsp3) is 0.824. The zero-order valence-electron chi connectivity index (χ0n) is 18.2. The number of nitrogens with one attached hydrogen (secondary N) is 1. The first kappa shape index (κ1) is 31.2. The zero-order valence-corrected chi connectivity index (χ0v) is 19.0. The maximum absolute atomic E-state index is 11.7.